The monoisotopic (exact) mass is 341 g/mol. The maximum absolute atomic E-state index is 8.93. The summed E-state index contributed by atoms with van der Waals surface area (Å²) in [5.74, 6) is 0.795. The Balaban J connectivity index is 1.85. The van der Waals surface area contributed by atoms with Crippen molar-refractivity contribution in [3.8, 4) is 22.9 Å². The number of nitrogens with one attached hydrogen (secondary N) is 1. The summed E-state index contributed by atoms with van der Waals surface area (Å²) in [6, 6.07) is 23.0. The van der Waals surface area contributed by atoms with Gasteiger partial charge in [0.15, 0.2) is 0 Å². The van der Waals surface area contributed by atoms with E-state index in [0.29, 0.717) is 11.3 Å². The summed E-state index contributed by atoms with van der Waals surface area (Å²) in [6.07, 6.45) is 0. The van der Waals surface area contributed by atoms with Crippen LogP contribution in [0.15, 0.2) is 73.3 Å². The van der Waals surface area contributed by atoms with Crippen LogP contribution < -0.4 is 15.8 Å². The topological polar surface area (TPSA) is 71.1 Å². The molecule has 0 heterocycles. The number of hydrogen-bond acceptors (Lipinski definition) is 4. The van der Waals surface area contributed by atoms with Crippen molar-refractivity contribution in [1.82, 2.24) is 0 Å². The molecule has 0 unspecified atom stereocenters. The highest BCUT2D eigenvalue weighted by molar-refractivity contribution is 5.84. The first-order valence-corrected chi connectivity index (χ1v) is 8.11. The molecule has 0 aliphatic carbocycles. The molecule has 0 saturated carbocycles. The largest absolute Gasteiger partial charge is 0.497 e. The maximum atomic E-state index is 8.93. The lowest BCUT2D eigenvalue weighted by molar-refractivity contribution is 0.415. The Kier molecular flexibility index (Phi) is 4.91. The molecule has 4 nitrogen and oxygen atoms in total. The van der Waals surface area contributed by atoms with E-state index < -0.39 is 0 Å². The molecule has 0 aliphatic heterocycles. The molecule has 3 N–H and O–H groups in total. The predicted octanol–water partition coefficient (Wildman–Crippen LogP) is 4.90. The molecule has 0 bridgehead atoms. The van der Waals surface area contributed by atoms with Crippen molar-refractivity contribution in [1.29, 1.82) is 5.26 Å². The van der Waals surface area contributed by atoms with Crippen molar-refractivity contribution in [3.63, 3.8) is 0 Å². The lowest BCUT2D eigenvalue weighted by Crippen LogP contribution is -2.01. The number of nitrogens with zero attached hydrogens (tertiary/aromatic N) is 1. The van der Waals surface area contributed by atoms with Crippen LogP contribution in [0.5, 0.6) is 5.75 Å². The van der Waals surface area contributed by atoms with E-state index in [9.17, 15) is 0 Å². The number of benzene rings is 3. The predicted molar refractivity (Wildman–Crippen MR) is 107 cm³/mol. The molecule has 3 aromatic carbocycles. The third-order valence-corrected chi connectivity index (χ3v) is 4.12. The maximum Gasteiger partial charge on any atom is 0.118 e. The smallest absolute Gasteiger partial charge is 0.118 e. The molecule has 0 aromatic heterocycles. The van der Waals surface area contributed by atoms with Gasteiger partial charge in [-0.15, -0.1) is 0 Å². The summed E-state index contributed by atoms with van der Waals surface area (Å²) in [5, 5.41) is 12.2. The lowest BCUT2D eigenvalue weighted by atomic mass is 10.0. The minimum Gasteiger partial charge on any atom is -0.497 e. The summed E-state index contributed by atoms with van der Waals surface area (Å²) < 4.78 is 5.18. The molecule has 0 aliphatic rings. The standard InChI is InChI=1S/C22H19N3O/c1-15(17-7-10-20(26-2)11-8-17)25-22-13-19(9-12-21(22)24)18-5-3-16(14-23)4-6-18/h3-13,25H,1,24H2,2H3. The molecular formula is C22H19N3O. The average Bonchev–Trinajstić information content (AvgIpc) is 2.69. The van der Waals surface area contributed by atoms with E-state index in [1.165, 1.54) is 0 Å². The first kappa shape index (κ1) is 17.1. The Bertz CT molecular complexity index is 968. The Morgan fingerprint density at radius 1 is 1.00 bits per heavy atom. The molecular weight excluding hydrogens is 322 g/mol. The Hall–Kier alpha value is -3.71. The van der Waals surface area contributed by atoms with E-state index in [2.05, 4.69) is 18.0 Å². The Morgan fingerprint density at radius 2 is 1.65 bits per heavy atom. The van der Waals surface area contributed by atoms with Crippen LogP contribution in [0, 0.1) is 11.3 Å². The highest BCUT2D eigenvalue weighted by Gasteiger charge is 2.06. The van der Waals surface area contributed by atoms with Crippen LogP contribution in [-0.4, -0.2) is 7.11 Å². The highest BCUT2D eigenvalue weighted by atomic mass is 16.5. The van der Waals surface area contributed by atoms with Crippen molar-refractivity contribution >= 4 is 17.1 Å². The van der Waals surface area contributed by atoms with E-state index in [-0.39, 0.29) is 0 Å². The van der Waals surface area contributed by atoms with Gasteiger partial charge in [-0.05, 0) is 65.2 Å². The third-order valence-electron chi connectivity index (χ3n) is 4.12. The molecule has 3 aromatic rings. The quantitative estimate of drug-likeness (QED) is 0.648. The van der Waals surface area contributed by atoms with Crippen LogP contribution >= 0.6 is 0 Å². The van der Waals surface area contributed by atoms with Crippen LogP contribution in [0.1, 0.15) is 11.1 Å². The normalized spacial score (nSPS) is 10.0. The molecule has 128 valence electrons. The van der Waals surface area contributed by atoms with E-state index in [1.807, 2.05) is 54.6 Å². The van der Waals surface area contributed by atoms with Crippen molar-refractivity contribution < 1.29 is 4.74 Å². The highest BCUT2D eigenvalue weighted by Crippen LogP contribution is 2.30. The first-order valence-electron chi connectivity index (χ1n) is 8.11. The number of anilines is 2. The minimum absolute atomic E-state index is 0.635. The van der Waals surface area contributed by atoms with E-state index in [4.69, 9.17) is 15.7 Å². The van der Waals surface area contributed by atoms with Crippen molar-refractivity contribution in [3.05, 3.63) is 84.4 Å². The fourth-order valence-electron chi connectivity index (χ4n) is 2.61. The van der Waals surface area contributed by atoms with Gasteiger partial charge >= 0.3 is 0 Å². The van der Waals surface area contributed by atoms with Crippen molar-refractivity contribution in [2.45, 2.75) is 0 Å². The van der Waals surface area contributed by atoms with Gasteiger partial charge in [0, 0.05) is 5.70 Å². The molecule has 0 fully saturated rings. The second-order valence-corrected chi connectivity index (χ2v) is 5.82. The molecule has 0 radical (unpaired) electrons. The van der Waals surface area contributed by atoms with Crippen LogP contribution in [0.25, 0.3) is 16.8 Å². The Labute approximate surface area is 153 Å². The summed E-state index contributed by atoms with van der Waals surface area (Å²) in [5.41, 5.74) is 11.9. The zero-order chi connectivity index (χ0) is 18.5. The van der Waals surface area contributed by atoms with Gasteiger partial charge in [-0.3, -0.25) is 0 Å². The third kappa shape index (κ3) is 3.68. The number of nitriles is 1. The summed E-state index contributed by atoms with van der Waals surface area (Å²) in [6.45, 7) is 4.10. The SMILES string of the molecule is C=C(Nc1cc(-c2ccc(C#N)cc2)ccc1N)c1ccc(OC)cc1. The zero-order valence-corrected chi connectivity index (χ0v) is 14.5. The van der Waals surface area contributed by atoms with Crippen molar-refractivity contribution in [2.75, 3.05) is 18.2 Å². The summed E-state index contributed by atoms with van der Waals surface area (Å²) in [7, 11) is 1.64. The molecule has 0 atom stereocenters. The number of nitrogen functional groups attached to an aromatic ring is 1. The second kappa shape index (κ2) is 7.45. The fraction of sp³-hybridized carbons (Fsp3) is 0.0455. The molecule has 3 rings (SSSR count). The molecule has 0 spiro atoms. The molecule has 26 heavy (non-hydrogen) atoms. The van der Waals surface area contributed by atoms with Crippen LogP contribution in [0.3, 0.4) is 0 Å². The number of ether oxygens (including phenoxy) is 1. The average molecular weight is 341 g/mol. The number of methoxy groups -OCH3 is 1. The van der Waals surface area contributed by atoms with Crippen molar-refractivity contribution in [2.24, 2.45) is 0 Å². The molecule has 0 amide bonds. The Morgan fingerprint density at radius 3 is 2.27 bits per heavy atom. The van der Waals surface area contributed by atoms with Gasteiger partial charge in [-0.1, -0.05) is 24.8 Å². The number of hydrogen-bond donors (Lipinski definition) is 2. The van der Waals surface area contributed by atoms with Gasteiger partial charge in [-0.2, -0.15) is 5.26 Å². The zero-order valence-electron chi connectivity index (χ0n) is 14.5. The van der Waals surface area contributed by atoms with Gasteiger partial charge in [0.25, 0.3) is 0 Å². The first-order chi connectivity index (χ1) is 12.6. The summed E-state index contributed by atoms with van der Waals surface area (Å²) in [4.78, 5) is 0. The van der Waals surface area contributed by atoms with Gasteiger partial charge in [-0.25, -0.2) is 0 Å². The van der Waals surface area contributed by atoms with E-state index in [1.54, 1.807) is 19.2 Å². The van der Waals surface area contributed by atoms with Gasteiger partial charge in [0.05, 0.1) is 30.1 Å². The fourth-order valence-corrected chi connectivity index (χ4v) is 2.61. The molecule has 0 saturated heterocycles. The van der Waals surface area contributed by atoms with Crippen LogP contribution in [0.2, 0.25) is 0 Å². The summed E-state index contributed by atoms with van der Waals surface area (Å²) >= 11 is 0. The number of rotatable bonds is 5. The minimum atomic E-state index is 0.635. The van der Waals surface area contributed by atoms with Crippen LogP contribution in [0.4, 0.5) is 11.4 Å². The van der Waals surface area contributed by atoms with Gasteiger partial charge < -0.3 is 15.8 Å². The van der Waals surface area contributed by atoms with Gasteiger partial charge in [0.2, 0.25) is 0 Å². The lowest BCUT2D eigenvalue weighted by Gasteiger charge is -2.14. The van der Waals surface area contributed by atoms with Crippen LogP contribution in [-0.2, 0) is 0 Å². The van der Waals surface area contributed by atoms with E-state index >= 15 is 0 Å². The second-order valence-electron chi connectivity index (χ2n) is 5.82. The van der Waals surface area contributed by atoms with E-state index in [0.717, 1.165) is 33.8 Å². The van der Waals surface area contributed by atoms with Gasteiger partial charge in [0.1, 0.15) is 5.75 Å². The number of nitrogens with two attached hydrogens (primary N) is 1. The molecule has 4 heteroatoms.